The van der Waals surface area contributed by atoms with E-state index in [1.54, 1.807) is 48.9 Å². The van der Waals surface area contributed by atoms with Gasteiger partial charge in [0.15, 0.2) is 5.13 Å². The average molecular weight is 408 g/mol. The van der Waals surface area contributed by atoms with Crippen LogP contribution in [-0.4, -0.2) is 36.1 Å². The van der Waals surface area contributed by atoms with Crippen LogP contribution in [0.4, 0.5) is 10.8 Å². The molecule has 0 aliphatic carbocycles. The molecule has 3 rings (SSSR count). The number of ether oxygens (including phenoxy) is 1. The van der Waals surface area contributed by atoms with E-state index in [1.165, 1.54) is 28.4 Å². The van der Waals surface area contributed by atoms with Crippen molar-refractivity contribution in [3.63, 3.8) is 0 Å². The molecule has 146 valence electrons. The van der Waals surface area contributed by atoms with Crippen molar-refractivity contribution in [1.82, 2.24) is 4.98 Å². The normalized spacial score (nSPS) is 10.3. The minimum Gasteiger partial charge on any atom is -0.383 e. The number of amides is 1. The highest BCUT2D eigenvalue weighted by atomic mass is 32.1. The van der Waals surface area contributed by atoms with Crippen molar-refractivity contribution in [2.45, 2.75) is 0 Å². The third-order valence-electron chi connectivity index (χ3n) is 4.12. The Hall–Kier alpha value is -3.61. The van der Waals surface area contributed by atoms with Gasteiger partial charge in [-0.25, -0.2) is 4.98 Å². The van der Waals surface area contributed by atoms with Crippen LogP contribution in [-0.2, 0) is 4.74 Å². The number of rotatable bonds is 7. The summed E-state index contributed by atoms with van der Waals surface area (Å²) in [7, 11) is 1.55. The summed E-state index contributed by atoms with van der Waals surface area (Å²) in [4.78, 5) is 29.4. The Balaban J connectivity index is 1.88. The molecule has 1 amide bonds. The molecule has 1 aromatic heterocycles. The summed E-state index contributed by atoms with van der Waals surface area (Å²) in [5.41, 5.74) is 2.25. The van der Waals surface area contributed by atoms with Crippen LogP contribution in [0.5, 0.6) is 0 Å². The molecular weight excluding hydrogens is 392 g/mol. The van der Waals surface area contributed by atoms with E-state index in [-0.39, 0.29) is 11.6 Å². The molecular formula is C20H16N4O4S. The van der Waals surface area contributed by atoms with Gasteiger partial charge in [-0.3, -0.25) is 19.8 Å². The molecule has 0 unspecified atom stereocenters. The number of aromatic nitrogens is 1. The number of nitriles is 1. The SMILES string of the molecule is COCCN(C(=O)c1ccc(C#N)cc1)c1nc(-c2ccc([N+](=O)[O-])cc2)cs1. The lowest BCUT2D eigenvalue weighted by Crippen LogP contribution is -2.33. The molecule has 0 bridgehead atoms. The van der Waals surface area contributed by atoms with Gasteiger partial charge < -0.3 is 4.74 Å². The number of carbonyl (C=O) groups is 1. The summed E-state index contributed by atoms with van der Waals surface area (Å²) in [6.07, 6.45) is 0. The van der Waals surface area contributed by atoms with E-state index in [0.717, 1.165) is 5.56 Å². The van der Waals surface area contributed by atoms with Crippen molar-refractivity contribution in [3.05, 3.63) is 75.2 Å². The topological polar surface area (TPSA) is 109 Å². The quantitative estimate of drug-likeness (QED) is 0.433. The molecule has 0 aliphatic rings. The summed E-state index contributed by atoms with van der Waals surface area (Å²) in [6, 6.07) is 14.5. The van der Waals surface area contributed by atoms with Crippen LogP contribution in [0, 0.1) is 21.4 Å². The second kappa shape index (κ2) is 9.05. The summed E-state index contributed by atoms with van der Waals surface area (Å²) >= 11 is 1.30. The third-order valence-corrected chi connectivity index (χ3v) is 4.99. The van der Waals surface area contributed by atoms with Crippen molar-refractivity contribution in [1.29, 1.82) is 5.26 Å². The molecule has 0 N–H and O–H groups in total. The van der Waals surface area contributed by atoms with Gasteiger partial charge in [0.05, 0.1) is 35.4 Å². The van der Waals surface area contributed by atoms with Crippen molar-refractivity contribution in [2.75, 3.05) is 25.2 Å². The van der Waals surface area contributed by atoms with Gasteiger partial charge in [0.25, 0.3) is 11.6 Å². The average Bonchev–Trinajstić information content (AvgIpc) is 3.24. The number of methoxy groups -OCH3 is 1. The molecule has 0 atom stereocenters. The fraction of sp³-hybridized carbons (Fsp3) is 0.150. The Kier molecular flexibility index (Phi) is 6.29. The summed E-state index contributed by atoms with van der Waals surface area (Å²) < 4.78 is 5.12. The number of benzene rings is 2. The fourth-order valence-corrected chi connectivity index (χ4v) is 3.44. The van der Waals surface area contributed by atoms with Crippen LogP contribution in [0.15, 0.2) is 53.9 Å². The molecule has 2 aromatic carbocycles. The zero-order valence-corrected chi connectivity index (χ0v) is 16.3. The lowest BCUT2D eigenvalue weighted by molar-refractivity contribution is -0.384. The molecule has 0 radical (unpaired) electrons. The van der Waals surface area contributed by atoms with Gasteiger partial charge in [-0.2, -0.15) is 5.26 Å². The van der Waals surface area contributed by atoms with Gasteiger partial charge >= 0.3 is 0 Å². The zero-order chi connectivity index (χ0) is 20.8. The molecule has 0 spiro atoms. The largest absolute Gasteiger partial charge is 0.383 e. The van der Waals surface area contributed by atoms with E-state index in [1.807, 2.05) is 6.07 Å². The first-order valence-corrected chi connectivity index (χ1v) is 9.42. The number of hydrogen-bond acceptors (Lipinski definition) is 7. The predicted octanol–water partition coefficient (Wildman–Crippen LogP) is 3.88. The highest BCUT2D eigenvalue weighted by Gasteiger charge is 2.21. The van der Waals surface area contributed by atoms with E-state index < -0.39 is 4.92 Å². The van der Waals surface area contributed by atoms with Crippen LogP contribution in [0.3, 0.4) is 0 Å². The predicted molar refractivity (Wildman–Crippen MR) is 109 cm³/mol. The Bertz CT molecular complexity index is 1060. The minimum atomic E-state index is -0.459. The monoisotopic (exact) mass is 408 g/mol. The fourth-order valence-electron chi connectivity index (χ4n) is 2.58. The molecule has 8 nitrogen and oxygen atoms in total. The van der Waals surface area contributed by atoms with Gasteiger partial charge in [-0.1, -0.05) is 0 Å². The zero-order valence-electron chi connectivity index (χ0n) is 15.4. The number of thiazole rings is 1. The standard InChI is InChI=1S/C20H16N4O4S/c1-28-11-10-23(19(25)16-4-2-14(12-21)3-5-16)20-22-18(13-29-20)15-6-8-17(9-7-15)24(26)27/h2-9,13H,10-11H2,1H3. The van der Waals surface area contributed by atoms with Crippen molar-refractivity contribution < 1.29 is 14.5 Å². The van der Waals surface area contributed by atoms with E-state index in [9.17, 15) is 14.9 Å². The molecule has 1 heterocycles. The van der Waals surface area contributed by atoms with E-state index in [4.69, 9.17) is 10.00 Å². The van der Waals surface area contributed by atoms with Crippen molar-refractivity contribution in [2.24, 2.45) is 0 Å². The Morgan fingerprint density at radius 1 is 1.24 bits per heavy atom. The number of nitro groups is 1. The molecule has 0 fully saturated rings. The van der Waals surface area contributed by atoms with Crippen molar-refractivity contribution in [3.8, 4) is 17.3 Å². The van der Waals surface area contributed by atoms with Crippen LogP contribution < -0.4 is 4.90 Å². The molecule has 0 saturated heterocycles. The maximum atomic E-state index is 13.0. The minimum absolute atomic E-state index is 0.00178. The smallest absolute Gasteiger partial charge is 0.269 e. The second-order valence-electron chi connectivity index (χ2n) is 5.96. The van der Waals surface area contributed by atoms with Gasteiger partial charge in [0.1, 0.15) is 0 Å². The summed E-state index contributed by atoms with van der Waals surface area (Å²) in [6.45, 7) is 0.636. The highest BCUT2D eigenvalue weighted by molar-refractivity contribution is 7.14. The van der Waals surface area contributed by atoms with E-state index in [2.05, 4.69) is 4.98 Å². The molecule has 3 aromatic rings. The van der Waals surface area contributed by atoms with Gasteiger partial charge in [-0.15, -0.1) is 11.3 Å². The van der Waals surface area contributed by atoms with Crippen LogP contribution in [0.1, 0.15) is 15.9 Å². The van der Waals surface area contributed by atoms with Crippen LogP contribution >= 0.6 is 11.3 Å². The van der Waals surface area contributed by atoms with E-state index >= 15 is 0 Å². The Morgan fingerprint density at radius 2 is 1.93 bits per heavy atom. The van der Waals surface area contributed by atoms with Gasteiger partial charge in [0.2, 0.25) is 0 Å². The Labute approximate surface area is 170 Å². The second-order valence-corrected chi connectivity index (χ2v) is 6.79. The number of non-ortho nitro benzene ring substituents is 1. The summed E-state index contributed by atoms with van der Waals surface area (Å²) in [5, 5.41) is 22.0. The number of carbonyl (C=O) groups excluding carboxylic acids is 1. The number of anilines is 1. The maximum absolute atomic E-state index is 13.0. The Morgan fingerprint density at radius 3 is 2.52 bits per heavy atom. The third kappa shape index (κ3) is 4.63. The summed E-state index contributed by atoms with van der Waals surface area (Å²) in [5.74, 6) is -0.254. The number of nitrogens with zero attached hydrogens (tertiary/aromatic N) is 4. The first-order chi connectivity index (χ1) is 14.0. The molecule has 0 saturated carbocycles. The van der Waals surface area contributed by atoms with Crippen LogP contribution in [0.25, 0.3) is 11.3 Å². The van der Waals surface area contributed by atoms with Crippen molar-refractivity contribution >= 4 is 28.1 Å². The highest BCUT2D eigenvalue weighted by Crippen LogP contribution is 2.29. The first-order valence-electron chi connectivity index (χ1n) is 8.55. The molecule has 29 heavy (non-hydrogen) atoms. The van der Waals surface area contributed by atoms with E-state index in [0.29, 0.717) is 35.1 Å². The maximum Gasteiger partial charge on any atom is 0.269 e. The number of hydrogen-bond donors (Lipinski definition) is 0. The van der Waals surface area contributed by atoms with Crippen LogP contribution in [0.2, 0.25) is 0 Å². The molecule has 9 heteroatoms. The lowest BCUT2D eigenvalue weighted by Gasteiger charge is -2.19. The van der Waals surface area contributed by atoms with Gasteiger partial charge in [0, 0.05) is 35.7 Å². The molecule has 0 aliphatic heterocycles. The van der Waals surface area contributed by atoms with Gasteiger partial charge in [-0.05, 0) is 36.4 Å². The first kappa shape index (κ1) is 20.1. The lowest BCUT2D eigenvalue weighted by atomic mass is 10.1. The number of nitro benzene ring substituents is 1.